The number of hydrazine groups is 1. The van der Waals surface area contributed by atoms with E-state index in [2.05, 4.69) is 21.9 Å². The number of benzene rings is 3. The Kier molecular flexibility index (Phi) is 12.5. The number of rotatable bonds is 17. The van der Waals surface area contributed by atoms with Gasteiger partial charge in [-0.15, -0.1) is 0 Å². The fourth-order valence-electron chi connectivity index (χ4n) is 7.20. The molecule has 4 amide bonds. The van der Waals surface area contributed by atoms with Crippen molar-refractivity contribution in [1.82, 2.24) is 29.7 Å². The largest absolute Gasteiger partial charge is 0.394 e. The summed E-state index contributed by atoms with van der Waals surface area (Å²) in [7, 11) is 0. The van der Waals surface area contributed by atoms with E-state index in [1.54, 1.807) is 84.9 Å². The van der Waals surface area contributed by atoms with Gasteiger partial charge >= 0.3 is 0 Å². The van der Waals surface area contributed by atoms with Crippen LogP contribution in [0.4, 0.5) is 5.82 Å². The fraction of sp³-hybridized carbons (Fsp3) is 0.357. The molecule has 0 radical (unpaired) electrons. The summed E-state index contributed by atoms with van der Waals surface area (Å²) in [6.45, 7) is 1.72. The number of anilines is 1. The zero-order valence-corrected chi connectivity index (χ0v) is 31.6. The third-order valence-electron chi connectivity index (χ3n) is 10.2. The number of carbonyl (C=O) groups is 4. The first-order chi connectivity index (χ1) is 27.8. The molecular weight excluding hydrogens is 731 g/mol. The van der Waals surface area contributed by atoms with E-state index in [0.29, 0.717) is 6.42 Å². The van der Waals surface area contributed by atoms with Crippen molar-refractivity contribution in [2.45, 2.75) is 82.8 Å². The first-order valence-corrected chi connectivity index (χ1v) is 19.4. The van der Waals surface area contributed by atoms with Crippen LogP contribution in [0.2, 0.25) is 0 Å². The number of hydrogen-bond donors (Lipinski definition) is 2. The average Bonchev–Trinajstić information content (AvgIpc) is 3.90. The van der Waals surface area contributed by atoms with Crippen LogP contribution >= 0.6 is 0 Å². The maximum atomic E-state index is 14.1. The molecule has 296 valence electrons. The summed E-state index contributed by atoms with van der Waals surface area (Å²) in [5, 5.41) is 23.9. The first kappa shape index (κ1) is 39.5. The number of amides is 4. The number of hydrogen-bond acceptors (Lipinski definition) is 12. The van der Waals surface area contributed by atoms with Gasteiger partial charge in [0.1, 0.15) is 18.5 Å². The van der Waals surface area contributed by atoms with Gasteiger partial charge < -0.3 is 14.9 Å². The maximum Gasteiger partial charge on any atom is 0.278 e. The molecule has 15 nitrogen and oxygen atoms in total. The minimum absolute atomic E-state index is 0.0616. The summed E-state index contributed by atoms with van der Waals surface area (Å²) in [5.41, 5.74) is 1.10. The van der Waals surface area contributed by atoms with Crippen molar-refractivity contribution in [2.24, 2.45) is 0 Å². The zero-order valence-electron chi connectivity index (χ0n) is 31.6. The lowest BCUT2D eigenvalue weighted by Crippen LogP contribution is -2.51. The van der Waals surface area contributed by atoms with E-state index in [4.69, 9.17) is 9.57 Å². The van der Waals surface area contributed by atoms with E-state index in [1.165, 1.54) is 35.2 Å². The fourth-order valence-corrected chi connectivity index (χ4v) is 7.20. The third kappa shape index (κ3) is 8.10. The lowest BCUT2D eigenvalue weighted by molar-refractivity contribution is -0.295. The Balaban J connectivity index is 1.22. The van der Waals surface area contributed by atoms with Crippen LogP contribution in [0.1, 0.15) is 106 Å². The van der Waals surface area contributed by atoms with E-state index < -0.39 is 54.8 Å². The molecule has 0 unspecified atom stereocenters. The number of carbonyl (C=O) groups excluding carboxylic acids is 4. The lowest BCUT2D eigenvalue weighted by atomic mass is 10.1. The molecule has 7 rings (SSSR count). The number of imide groups is 2. The number of hydroxylamine groups is 1. The van der Waals surface area contributed by atoms with Crippen molar-refractivity contribution < 1.29 is 39.0 Å². The van der Waals surface area contributed by atoms with E-state index in [9.17, 15) is 29.4 Å². The second kappa shape index (κ2) is 18.0. The number of aromatic nitrogens is 4. The van der Waals surface area contributed by atoms with Crippen LogP contribution in [-0.4, -0.2) is 95.0 Å². The van der Waals surface area contributed by atoms with Gasteiger partial charge in [-0.3, -0.25) is 28.6 Å². The Morgan fingerprint density at radius 2 is 1.33 bits per heavy atom. The van der Waals surface area contributed by atoms with Gasteiger partial charge in [0.2, 0.25) is 0 Å². The Hall–Kier alpha value is -5.71. The highest BCUT2D eigenvalue weighted by molar-refractivity contribution is 6.27. The van der Waals surface area contributed by atoms with E-state index in [1.807, 2.05) is 0 Å². The molecule has 2 aromatic heterocycles. The Labute approximate surface area is 329 Å². The molecule has 0 bridgehead atoms. The standard InChI is InChI=1S/C42H45N7O8/c1-2-3-4-5-6-7-8-17-24-47(49-40(54)30-22-15-16-23-31(30)41(49)55)57-35-34(51)32(25-50)56-42(35)46-27-45-33-36(46)43-26-44-37(33)48(38(52)28-18-11-9-12-19-28)39(53)29-20-13-10-14-21-29/h9-16,18-23,26-27,32,34-35,42,50-51H,2-8,17,24-25H2,1H3/t32-,34-,35-,42-/m1/s1. The van der Waals surface area contributed by atoms with Gasteiger partial charge in [0.25, 0.3) is 23.6 Å². The zero-order chi connectivity index (χ0) is 39.9. The summed E-state index contributed by atoms with van der Waals surface area (Å²) in [6.07, 6.45) is 5.49. The number of aliphatic hydroxyl groups excluding tert-OH is 2. The van der Waals surface area contributed by atoms with Gasteiger partial charge in [0.15, 0.2) is 29.3 Å². The second-order valence-corrected chi connectivity index (χ2v) is 14.0. The van der Waals surface area contributed by atoms with Crippen molar-refractivity contribution >= 4 is 40.6 Å². The summed E-state index contributed by atoms with van der Waals surface area (Å²) in [4.78, 5) is 76.3. The highest BCUT2D eigenvalue weighted by Gasteiger charge is 2.50. The van der Waals surface area contributed by atoms with Gasteiger partial charge in [-0.25, -0.2) is 19.9 Å². The van der Waals surface area contributed by atoms with Gasteiger partial charge in [0, 0.05) is 17.7 Å². The van der Waals surface area contributed by atoms with Crippen molar-refractivity contribution in [1.29, 1.82) is 0 Å². The van der Waals surface area contributed by atoms with Crippen molar-refractivity contribution in [3.63, 3.8) is 0 Å². The normalized spacial score (nSPS) is 19.1. The van der Waals surface area contributed by atoms with E-state index in [0.717, 1.165) is 42.0 Å². The molecule has 1 saturated heterocycles. The number of nitrogens with zero attached hydrogens (tertiary/aromatic N) is 7. The SMILES string of the molecule is CCCCCCCCCCN(O[C@@H]1[C@H](O)[C@@H](CO)O[C@H]1n1cnc2c(N(C(=O)c3ccccc3)C(=O)c3ccccc3)ncnc21)N1C(=O)c2ccccc2C1=O. The maximum absolute atomic E-state index is 14.1. The summed E-state index contributed by atoms with van der Waals surface area (Å²) >= 11 is 0. The summed E-state index contributed by atoms with van der Waals surface area (Å²) in [5.74, 6) is -2.54. The van der Waals surface area contributed by atoms with Gasteiger partial charge in [0.05, 0.1) is 24.1 Å². The van der Waals surface area contributed by atoms with Crippen molar-refractivity contribution in [3.8, 4) is 0 Å². The topological polar surface area (TPSA) is 181 Å². The molecule has 4 atom stereocenters. The number of aliphatic hydroxyl groups is 2. The molecule has 4 heterocycles. The molecule has 15 heteroatoms. The molecule has 57 heavy (non-hydrogen) atoms. The monoisotopic (exact) mass is 775 g/mol. The predicted molar refractivity (Wildman–Crippen MR) is 207 cm³/mol. The number of unbranched alkanes of at least 4 members (excludes halogenated alkanes) is 7. The van der Waals surface area contributed by atoms with Crippen LogP contribution in [-0.2, 0) is 9.57 Å². The van der Waals surface area contributed by atoms with Crippen LogP contribution in [0.15, 0.2) is 97.6 Å². The molecule has 0 saturated carbocycles. The molecular formula is C42H45N7O8. The van der Waals surface area contributed by atoms with Crippen LogP contribution in [0.25, 0.3) is 11.2 Å². The quantitative estimate of drug-likeness (QED) is 0.0687. The summed E-state index contributed by atoms with van der Waals surface area (Å²) < 4.78 is 7.61. The second-order valence-electron chi connectivity index (χ2n) is 14.0. The van der Waals surface area contributed by atoms with Gasteiger partial charge in [-0.2, -0.15) is 5.01 Å². The first-order valence-electron chi connectivity index (χ1n) is 19.4. The molecule has 2 aliphatic heterocycles. The van der Waals surface area contributed by atoms with Gasteiger partial charge in [-0.1, -0.05) is 106 Å². The van der Waals surface area contributed by atoms with Crippen molar-refractivity contribution in [3.05, 3.63) is 120 Å². The van der Waals surface area contributed by atoms with Crippen LogP contribution in [0.3, 0.4) is 0 Å². The van der Waals surface area contributed by atoms with Crippen LogP contribution in [0.5, 0.6) is 0 Å². The highest BCUT2D eigenvalue weighted by Crippen LogP contribution is 2.37. The lowest BCUT2D eigenvalue weighted by Gasteiger charge is -2.33. The molecule has 0 spiro atoms. The van der Waals surface area contributed by atoms with Crippen LogP contribution in [0, 0.1) is 0 Å². The molecule has 1 fully saturated rings. The van der Waals surface area contributed by atoms with Gasteiger partial charge in [-0.05, 0) is 42.8 Å². The smallest absolute Gasteiger partial charge is 0.278 e. The average molecular weight is 776 g/mol. The number of imidazole rings is 1. The predicted octanol–water partition coefficient (Wildman–Crippen LogP) is 5.52. The third-order valence-corrected chi connectivity index (χ3v) is 10.2. The Bertz CT molecular complexity index is 2110. The van der Waals surface area contributed by atoms with E-state index in [-0.39, 0.29) is 45.8 Å². The minimum atomic E-state index is -1.44. The summed E-state index contributed by atoms with van der Waals surface area (Å²) in [6, 6.07) is 23.1. The molecule has 5 aromatic rings. The Morgan fingerprint density at radius 1 is 0.772 bits per heavy atom. The molecule has 2 N–H and O–H groups in total. The Morgan fingerprint density at radius 3 is 1.91 bits per heavy atom. The highest BCUT2D eigenvalue weighted by atomic mass is 16.7. The molecule has 3 aromatic carbocycles. The number of fused-ring (bicyclic) bond motifs is 2. The minimum Gasteiger partial charge on any atom is -0.394 e. The number of ether oxygens (including phenoxy) is 1. The van der Waals surface area contributed by atoms with Crippen LogP contribution < -0.4 is 4.90 Å². The molecule has 2 aliphatic rings. The van der Waals surface area contributed by atoms with Crippen molar-refractivity contribution in [2.75, 3.05) is 18.1 Å². The molecule has 0 aliphatic carbocycles. The van der Waals surface area contributed by atoms with E-state index >= 15 is 0 Å².